The van der Waals surface area contributed by atoms with Gasteiger partial charge in [0.25, 0.3) is 11.8 Å². The summed E-state index contributed by atoms with van der Waals surface area (Å²) in [5.74, 6) is -3.50. The normalized spacial score (nSPS) is 15.4. The van der Waals surface area contributed by atoms with E-state index in [0.717, 1.165) is 12.4 Å². The van der Waals surface area contributed by atoms with E-state index in [1.807, 2.05) is 55.4 Å². The number of rotatable bonds is 9. The Morgan fingerprint density at radius 2 is 0.909 bits per heavy atom. The summed E-state index contributed by atoms with van der Waals surface area (Å²) < 4.78 is 0. The van der Waals surface area contributed by atoms with Crippen molar-refractivity contribution in [2.24, 2.45) is 20.4 Å². The first-order valence-corrected chi connectivity index (χ1v) is 21.6. The summed E-state index contributed by atoms with van der Waals surface area (Å²) in [6.07, 6.45) is 5.45. The zero-order chi connectivity index (χ0) is 47.8. The van der Waals surface area contributed by atoms with Crippen LogP contribution in [0.5, 0.6) is 34.5 Å². The zero-order valence-corrected chi connectivity index (χ0v) is 38.2. The molecule has 0 spiro atoms. The van der Waals surface area contributed by atoms with Crippen molar-refractivity contribution in [3.05, 3.63) is 93.3 Å². The van der Waals surface area contributed by atoms with Crippen molar-refractivity contribution in [2.75, 3.05) is 9.80 Å². The molecule has 6 aromatic rings. The number of hydrogen-bond donors (Lipinski definition) is 6. The Morgan fingerprint density at radius 1 is 0.545 bits per heavy atom. The fourth-order valence-corrected chi connectivity index (χ4v) is 9.26. The molecule has 6 N–H and O–H groups in total. The number of fused-ring (bicyclic) bond motifs is 4. The molecule has 0 aliphatic carbocycles. The molecule has 4 aromatic carbocycles. The number of phenolic OH excluding ortho intramolecular Hbond substituents is 6. The number of hydrogen-bond acceptors (Lipinski definition) is 14. The lowest BCUT2D eigenvalue weighted by Crippen LogP contribution is -2.36. The average molecular weight is 891 g/mol. The summed E-state index contributed by atoms with van der Waals surface area (Å²) >= 11 is 0. The van der Waals surface area contributed by atoms with E-state index in [2.05, 4.69) is 30.4 Å². The fourth-order valence-electron chi connectivity index (χ4n) is 9.26. The number of anilines is 2. The molecule has 338 valence electrons. The van der Waals surface area contributed by atoms with Gasteiger partial charge in [0.2, 0.25) is 0 Å². The highest BCUT2D eigenvalue weighted by atomic mass is 16.3. The highest BCUT2D eigenvalue weighted by molar-refractivity contribution is 6.54. The van der Waals surface area contributed by atoms with Gasteiger partial charge in [-0.3, -0.25) is 19.4 Å². The number of aryl methyl sites for hydroxylation is 2. The van der Waals surface area contributed by atoms with Gasteiger partial charge in [-0.05, 0) is 99.5 Å². The average Bonchev–Trinajstić information content (AvgIpc) is 3.70. The minimum absolute atomic E-state index is 0.0160. The number of aromatic nitrogens is 2. The molecule has 8 rings (SSSR count). The lowest BCUT2D eigenvalue weighted by Gasteiger charge is -2.23. The molecule has 0 unspecified atom stereocenters. The third-order valence-electron chi connectivity index (χ3n) is 12.1. The smallest absolute Gasteiger partial charge is 0.280 e. The standard InChI is InChI=1S/C50H50N8O8/c1-21(2)33-29-17-25(9)35(43(61)37(29)31(41(59)45(33)63)19-53-55-39-27-13-11-15-51-47(27)57(23(5)6)49(39)65)36-26(10)18-30-34(22(3)4)46(64)42(60)32(38(30)44(36)62)20-54-56-40-28-14-12-16-52-48(28)58(24(7)8)50(40)66/h11-24,59-64H,1-10H3/b53-19+,54-20+,55-39-,56-40+. The van der Waals surface area contributed by atoms with Gasteiger partial charge >= 0.3 is 0 Å². The first-order valence-electron chi connectivity index (χ1n) is 21.6. The Hall–Kier alpha value is -7.88. The van der Waals surface area contributed by atoms with E-state index in [9.17, 15) is 40.2 Å². The number of pyridine rings is 2. The maximum absolute atomic E-state index is 13.5. The van der Waals surface area contributed by atoms with Crippen LogP contribution in [0, 0.1) is 13.8 Å². The SMILES string of the molecule is Cc1cc2c(C(C)C)c(O)c(O)c(/C=N/N=C3\C(=O)N(C(C)C)c4ncccc43)c2c(O)c1-c1c(C)cc2c(C(C)C)c(O)c(O)c(/C=N/N=C3/C(=O)N(C(C)C)c4ncccc43)c2c1O. The number of carbonyl (C=O) groups is 2. The summed E-state index contributed by atoms with van der Waals surface area (Å²) in [6, 6.07) is 9.76. The summed E-state index contributed by atoms with van der Waals surface area (Å²) in [7, 11) is 0. The Labute approximate surface area is 380 Å². The molecule has 2 aliphatic heterocycles. The highest BCUT2D eigenvalue weighted by Gasteiger charge is 2.38. The number of nitrogens with zero attached hydrogens (tertiary/aromatic N) is 8. The molecule has 0 saturated carbocycles. The van der Waals surface area contributed by atoms with E-state index in [1.165, 1.54) is 9.80 Å². The van der Waals surface area contributed by atoms with Crippen LogP contribution in [0.15, 0.2) is 69.2 Å². The Kier molecular flexibility index (Phi) is 11.2. The van der Waals surface area contributed by atoms with Crippen molar-refractivity contribution in [2.45, 2.75) is 93.2 Å². The van der Waals surface area contributed by atoms with Crippen LogP contribution in [0.1, 0.15) is 112 Å². The molecule has 2 aliphatic rings. The number of benzene rings is 4. The monoisotopic (exact) mass is 890 g/mol. The molecule has 2 amide bonds. The van der Waals surface area contributed by atoms with Crippen LogP contribution >= 0.6 is 0 Å². The molecule has 0 saturated heterocycles. The van der Waals surface area contributed by atoms with Gasteiger partial charge in [0, 0.05) is 57.5 Å². The molecule has 2 aromatic heterocycles. The maximum atomic E-state index is 13.5. The van der Waals surface area contributed by atoms with Crippen molar-refractivity contribution in [3.63, 3.8) is 0 Å². The first-order chi connectivity index (χ1) is 31.3. The molecule has 0 radical (unpaired) electrons. The molecule has 0 bridgehead atoms. The Morgan fingerprint density at radius 3 is 1.24 bits per heavy atom. The largest absolute Gasteiger partial charge is 0.507 e. The number of amides is 2. The molecule has 66 heavy (non-hydrogen) atoms. The van der Waals surface area contributed by atoms with Crippen molar-refractivity contribution in [1.82, 2.24) is 9.97 Å². The van der Waals surface area contributed by atoms with Crippen molar-refractivity contribution < 1.29 is 40.2 Å². The Balaban J connectivity index is 1.36. The van der Waals surface area contributed by atoms with E-state index in [1.54, 1.807) is 62.6 Å². The van der Waals surface area contributed by atoms with Crippen molar-refractivity contribution in [1.29, 1.82) is 0 Å². The van der Waals surface area contributed by atoms with Gasteiger partial charge in [0.15, 0.2) is 34.4 Å². The van der Waals surface area contributed by atoms with Gasteiger partial charge in [-0.25, -0.2) is 9.97 Å². The minimum Gasteiger partial charge on any atom is -0.507 e. The van der Waals surface area contributed by atoms with Gasteiger partial charge in [-0.15, -0.1) is 10.2 Å². The van der Waals surface area contributed by atoms with Crippen LogP contribution in [0.25, 0.3) is 32.7 Å². The molecule has 16 nitrogen and oxygen atoms in total. The van der Waals surface area contributed by atoms with Crippen LogP contribution in [0.4, 0.5) is 11.6 Å². The second kappa shape index (κ2) is 16.6. The van der Waals surface area contributed by atoms with Crippen LogP contribution in [0.2, 0.25) is 0 Å². The lowest BCUT2D eigenvalue weighted by molar-refractivity contribution is -0.113. The quantitative estimate of drug-likeness (QED) is 0.0459. The summed E-state index contributed by atoms with van der Waals surface area (Å²) in [4.78, 5) is 38.9. The van der Waals surface area contributed by atoms with Gasteiger partial charge in [0.05, 0.1) is 34.7 Å². The fraction of sp³-hybridized carbons (Fsp3) is 0.280. The number of phenols is 6. The third kappa shape index (κ3) is 6.82. The lowest BCUT2D eigenvalue weighted by atomic mass is 9.83. The van der Waals surface area contributed by atoms with Crippen molar-refractivity contribution >= 4 is 68.8 Å². The van der Waals surface area contributed by atoms with Crippen LogP contribution < -0.4 is 9.80 Å². The molecule has 0 atom stereocenters. The van der Waals surface area contributed by atoms with Crippen LogP contribution in [-0.2, 0) is 9.59 Å². The van der Waals surface area contributed by atoms with E-state index < -0.39 is 34.8 Å². The predicted molar refractivity (Wildman–Crippen MR) is 257 cm³/mol. The number of aromatic hydroxyl groups is 6. The molecule has 0 fully saturated rings. The third-order valence-corrected chi connectivity index (χ3v) is 12.1. The van der Waals surface area contributed by atoms with E-state index >= 15 is 0 Å². The summed E-state index contributed by atoms with van der Waals surface area (Å²) in [6.45, 7) is 18.1. The van der Waals surface area contributed by atoms with Gasteiger partial charge < -0.3 is 30.6 Å². The minimum atomic E-state index is -0.596. The van der Waals surface area contributed by atoms with Gasteiger partial charge in [-0.1, -0.05) is 39.8 Å². The summed E-state index contributed by atoms with van der Waals surface area (Å²) in [5, 5.41) is 89.3. The molecule has 16 heteroatoms. The number of carbonyl (C=O) groups excluding carboxylic acids is 2. The topological polar surface area (TPSA) is 237 Å². The van der Waals surface area contributed by atoms with E-state index in [4.69, 9.17) is 0 Å². The summed E-state index contributed by atoms with van der Waals surface area (Å²) in [5.41, 5.74) is 2.65. The molecular formula is C50H50N8O8. The predicted octanol–water partition coefficient (Wildman–Crippen LogP) is 8.70. The molecular weight excluding hydrogens is 841 g/mol. The maximum Gasteiger partial charge on any atom is 0.280 e. The second-order valence-electron chi connectivity index (χ2n) is 17.7. The first kappa shape index (κ1) is 44.7. The Bertz CT molecular complexity index is 2990. The van der Waals surface area contributed by atoms with Crippen LogP contribution in [-0.4, -0.2) is 88.4 Å². The second-order valence-corrected chi connectivity index (χ2v) is 17.7. The molecule has 4 heterocycles. The van der Waals surface area contributed by atoms with E-state index in [0.29, 0.717) is 55.8 Å². The van der Waals surface area contributed by atoms with Gasteiger partial charge in [-0.2, -0.15) is 10.2 Å². The van der Waals surface area contributed by atoms with E-state index in [-0.39, 0.29) is 79.9 Å². The van der Waals surface area contributed by atoms with Crippen LogP contribution in [0.3, 0.4) is 0 Å². The highest BCUT2D eigenvalue weighted by Crippen LogP contribution is 2.54. The zero-order valence-electron chi connectivity index (χ0n) is 38.2. The van der Waals surface area contributed by atoms with Crippen molar-refractivity contribution in [3.8, 4) is 45.6 Å². The van der Waals surface area contributed by atoms with Gasteiger partial charge in [0.1, 0.15) is 23.1 Å².